The number of alkyl halides is 3. The molecule has 0 aliphatic rings. The maximum atomic E-state index is 13.4. The first-order valence-corrected chi connectivity index (χ1v) is 7.32. The van der Waals surface area contributed by atoms with E-state index in [0.29, 0.717) is 0 Å². The zero-order valence-electron chi connectivity index (χ0n) is 14.5. The molecule has 0 aliphatic carbocycles. The Morgan fingerprint density at radius 1 is 1.04 bits per heavy atom. The fraction of sp³-hybridized carbons (Fsp3) is 0.312. The van der Waals surface area contributed by atoms with Gasteiger partial charge in [0.25, 0.3) is 0 Å². The number of methoxy groups -OCH3 is 2. The number of benzene rings is 1. The minimum absolute atomic E-state index is 0.110. The number of para-hydroxylation sites is 1. The van der Waals surface area contributed by atoms with Crippen LogP contribution in [0.2, 0.25) is 0 Å². The largest absolute Gasteiger partial charge is 0.481 e. The summed E-state index contributed by atoms with van der Waals surface area (Å²) in [4.78, 5) is 7.90. The van der Waals surface area contributed by atoms with E-state index < -0.39 is 11.9 Å². The number of hydrogen-bond donors (Lipinski definition) is 0. The number of ether oxygens (including phenoxy) is 3. The third-order valence-electron chi connectivity index (χ3n) is 2.99. The fourth-order valence-electron chi connectivity index (χ4n) is 1.95. The van der Waals surface area contributed by atoms with Gasteiger partial charge in [0.05, 0.1) is 20.3 Å². The average molecular weight is 370 g/mol. The molecule has 2 aromatic rings. The van der Waals surface area contributed by atoms with Crippen molar-refractivity contribution in [2.75, 3.05) is 28.3 Å². The SMILES string of the molecule is COc1cc(OC)nc(Oc2ccccc2/C(=N/N(C)C)C(F)(F)F)n1. The maximum Gasteiger partial charge on any atom is 0.435 e. The predicted octanol–water partition coefficient (Wildman–Crippen LogP) is 3.11. The minimum Gasteiger partial charge on any atom is -0.481 e. The lowest BCUT2D eigenvalue weighted by molar-refractivity contribution is -0.0592. The molecule has 1 aromatic carbocycles. The number of aromatic nitrogens is 2. The molecule has 0 aliphatic heterocycles. The van der Waals surface area contributed by atoms with Gasteiger partial charge in [0, 0.05) is 19.7 Å². The highest BCUT2D eigenvalue weighted by Crippen LogP contribution is 2.31. The predicted molar refractivity (Wildman–Crippen MR) is 87.9 cm³/mol. The van der Waals surface area contributed by atoms with Crippen LogP contribution < -0.4 is 14.2 Å². The van der Waals surface area contributed by atoms with Crippen molar-refractivity contribution in [2.24, 2.45) is 5.10 Å². The Morgan fingerprint density at radius 3 is 2.12 bits per heavy atom. The van der Waals surface area contributed by atoms with Crippen molar-refractivity contribution >= 4 is 5.71 Å². The number of nitrogens with zero attached hydrogens (tertiary/aromatic N) is 4. The van der Waals surface area contributed by atoms with Crippen molar-refractivity contribution in [3.05, 3.63) is 35.9 Å². The molecule has 2 rings (SSSR count). The zero-order valence-corrected chi connectivity index (χ0v) is 14.5. The maximum absolute atomic E-state index is 13.4. The van der Waals surface area contributed by atoms with Gasteiger partial charge in [-0.05, 0) is 12.1 Å². The second-order valence-corrected chi connectivity index (χ2v) is 5.13. The van der Waals surface area contributed by atoms with Crippen LogP contribution in [0.1, 0.15) is 5.56 Å². The second kappa shape index (κ2) is 7.89. The van der Waals surface area contributed by atoms with Gasteiger partial charge < -0.3 is 19.2 Å². The van der Waals surface area contributed by atoms with E-state index in [9.17, 15) is 13.2 Å². The van der Waals surface area contributed by atoms with Gasteiger partial charge in [-0.25, -0.2) is 0 Å². The first-order chi connectivity index (χ1) is 12.2. The normalized spacial score (nSPS) is 11.9. The summed E-state index contributed by atoms with van der Waals surface area (Å²) in [7, 11) is 5.55. The van der Waals surface area contributed by atoms with Crippen molar-refractivity contribution in [1.29, 1.82) is 0 Å². The van der Waals surface area contributed by atoms with E-state index in [4.69, 9.17) is 14.2 Å². The lowest BCUT2D eigenvalue weighted by Crippen LogP contribution is -2.27. The van der Waals surface area contributed by atoms with E-state index in [0.717, 1.165) is 5.01 Å². The highest BCUT2D eigenvalue weighted by molar-refractivity contribution is 6.06. The van der Waals surface area contributed by atoms with Crippen molar-refractivity contribution in [2.45, 2.75) is 6.18 Å². The Bertz CT molecular complexity index is 772. The van der Waals surface area contributed by atoms with Crippen LogP contribution in [-0.2, 0) is 0 Å². The zero-order chi connectivity index (χ0) is 19.3. The van der Waals surface area contributed by atoms with Crippen LogP contribution in [0.25, 0.3) is 0 Å². The Morgan fingerprint density at radius 2 is 1.62 bits per heavy atom. The highest BCUT2D eigenvalue weighted by atomic mass is 19.4. The van der Waals surface area contributed by atoms with Gasteiger partial charge in [0.15, 0.2) is 5.71 Å². The standard InChI is InChI=1S/C16H17F3N4O3/c1-23(2)22-14(16(17,18)19)10-7-5-6-8-11(10)26-15-20-12(24-3)9-13(21-15)25-4/h5-9H,1-4H3/b22-14-. The van der Waals surface area contributed by atoms with Crippen molar-refractivity contribution in [3.8, 4) is 23.5 Å². The molecule has 0 unspecified atom stereocenters. The van der Waals surface area contributed by atoms with Crippen LogP contribution in [0.15, 0.2) is 35.4 Å². The molecule has 0 bridgehead atoms. The van der Waals surface area contributed by atoms with Crippen LogP contribution in [0, 0.1) is 0 Å². The molecule has 26 heavy (non-hydrogen) atoms. The average Bonchev–Trinajstić information content (AvgIpc) is 2.59. The van der Waals surface area contributed by atoms with Crippen LogP contribution in [0.3, 0.4) is 0 Å². The molecule has 0 saturated carbocycles. The first kappa shape index (κ1) is 19.3. The number of halogens is 3. The van der Waals surface area contributed by atoms with E-state index in [2.05, 4.69) is 15.1 Å². The third kappa shape index (κ3) is 4.74. The molecule has 0 amide bonds. The van der Waals surface area contributed by atoms with Gasteiger partial charge in [-0.3, -0.25) is 0 Å². The van der Waals surface area contributed by atoms with E-state index >= 15 is 0 Å². The quantitative estimate of drug-likeness (QED) is 0.575. The van der Waals surface area contributed by atoms with Crippen molar-refractivity contribution < 1.29 is 27.4 Å². The van der Waals surface area contributed by atoms with Gasteiger partial charge >= 0.3 is 12.2 Å². The van der Waals surface area contributed by atoms with E-state index in [1.54, 1.807) is 0 Å². The molecule has 140 valence electrons. The molecule has 0 spiro atoms. The van der Waals surface area contributed by atoms with Gasteiger partial charge in [0.2, 0.25) is 11.8 Å². The van der Waals surface area contributed by atoms with E-state index in [1.165, 1.54) is 58.6 Å². The molecule has 7 nitrogen and oxygen atoms in total. The number of hydrazone groups is 1. The number of rotatable bonds is 6. The topological polar surface area (TPSA) is 69.1 Å². The first-order valence-electron chi connectivity index (χ1n) is 7.32. The Hall–Kier alpha value is -3.04. The molecule has 1 aromatic heterocycles. The van der Waals surface area contributed by atoms with Gasteiger partial charge in [0.1, 0.15) is 5.75 Å². The molecule has 10 heteroatoms. The summed E-state index contributed by atoms with van der Waals surface area (Å²) in [6.07, 6.45) is -4.68. The lowest BCUT2D eigenvalue weighted by Gasteiger charge is -2.16. The summed E-state index contributed by atoms with van der Waals surface area (Å²) < 4.78 is 55.8. The van der Waals surface area contributed by atoms with E-state index in [-0.39, 0.29) is 29.1 Å². The number of hydrogen-bond acceptors (Lipinski definition) is 7. The summed E-state index contributed by atoms with van der Waals surface area (Å²) in [6, 6.07) is 6.78. The summed E-state index contributed by atoms with van der Waals surface area (Å²) in [5.41, 5.74) is -1.35. The molecular weight excluding hydrogens is 353 g/mol. The molecular formula is C16H17F3N4O3. The smallest absolute Gasteiger partial charge is 0.435 e. The van der Waals surface area contributed by atoms with Gasteiger partial charge in [-0.2, -0.15) is 28.2 Å². The Labute approximate surface area is 148 Å². The van der Waals surface area contributed by atoms with Gasteiger partial charge in [-0.15, -0.1) is 0 Å². The fourth-order valence-corrected chi connectivity index (χ4v) is 1.95. The summed E-state index contributed by atoms with van der Waals surface area (Å²) in [5.74, 6) is 0.172. The summed E-state index contributed by atoms with van der Waals surface area (Å²) >= 11 is 0. The summed E-state index contributed by atoms with van der Waals surface area (Å²) in [6.45, 7) is 0. The van der Waals surface area contributed by atoms with E-state index in [1.807, 2.05) is 0 Å². The van der Waals surface area contributed by atoms with Crippen LogP contribution in [0.4, 0.5) is 13.2 Å². The van der Waals surface area contributed by atoms with Crippen LogP contribution >= 0.6 is 0 Å². The van der Waals surface area contributed by atoms with Gasteiger partial charge in [-0.1, -0.05) is 12.1 Å². The van der Waals surface area contributed by atoms with Crippen molar-refractivity contribution in [3.63, 3.8) is 0 Å². The molecule has 0 radical (unpaired) electrons. The summed E-state index contributed by atoms with van der Waals surface area (Å²) in [5, 5.41) is 4.60. The molecule has 1 heterocycles. The van der Waals surface area contributed by atoms with Crippen LogP contribution in [-0.4, -0.2) is 55.2 Å². The van der Waals surface area contributed by atoms with Crippen molar-refractivity contribution in [1.82, 2.24) is 15.0 Å². The molecule has 0 fully saturated rings. The highest BCUT2D eigenvalue weighted by Gasteiger charge is 2.39. The monoisotopic (exact) mass is 370 g/mol. The third-order valence-corrected chi connectivity index (χ3v) is 2.99. The Kier molecular flexibility index (Phi) is 5.86. The second-order valence-electron chi connectivity index (χ2n) is 5.13. The Balaban J connectivity index is 2.50. The van der Waals surface area contributed by atoms with Crippen LogP contribution in [0.5, 0.6) is 23.5 Å². The lowest BCUT2D eigenvalue weighted by atomic mass is 10.1. The molecule has 0 atom stereocenters. The molecule has 0 N–H and O–H groups in total. The molecule has 0 saturated heterocycles. The minimum atomic E-state index is -4.68.